The molecular formula is C18H22N4O6. The predicted molar refractivity (Wildman–Crippen MR) is 94.5 cm³/mol. The Bertz CT molecular complexity index is 790. The van der Waals surface area contributed by atoms with Crippen LogP contribution < -0.4 is 10.6 Å². The molecule has 3 rings (SSSR count). The summed E-state index contributed by atoms with van der Waals surface area (Å²) >= 11 is 0. The number of imide groups is 3. The minimum Gasteiger partial charge on any atom is -0.467 e. The topological polar surface area (TPSA) is 129 Å². The van der Waals surface area contributed by atoms with Gasteiger partial charge in [0.25, 0.3) is 0 Å². The first-order chi connectivity index (χ1) is 13.4. The largest absolute Gasteiger partial charge is 0.467 e. The maximum Gasteiger partial charge on any atom is 0.334 e. The molecule has 1 aromatic rings. The molecule has 2 fully saturated rings. The van der Waals surface area contributed by atoms with Gasteiger partial charge in [0.1, 0.15) is 12.3 Å². The quantitative estimate of drug-likeness (QED) is 0.569. The monoisotopic (exact) mass is 390 g/mol. The zero-order valence-electron chi connectivity index (χ0n) is 15.5. The number of hydrogen-bond donors (Lipinski definition) is 2. The van der Waals surface area contributed by atoms with Crippen molar-refractivity contribution in [1.82, 2.24) is 20.4 Å². The van der Waals surface area contributed by atoms with Crippen LogP contribution >= 0.6 is 0 Å². The number of furan rings is 1. The zero-order valence-corrected chi connectivity index (χ0v) is 15.5. The number of nitrogens with one attached hydrogen (secondary N) is 2. The molecule has 2 aliphatic rings. The molecule has 1 saturated carbocycles. The molecule has 10 heteroatoms. The second-order valence-corrected chi connectivity index (χ2v) is 6.99. The SMILES string of the molecule is C[C@H]1CCCC[C@@H]1N1C(=O)C(=O)N(CC(=O)NC(=O)NCc2ccco2)C1=O. The van der Waals surface area contributed by atoms with Gasteiger partial charge >= 0.3 is 23.9 Å². The molecule has 1 aromatic heterocycles. The van der Waals surface area contributed by atoms with Crippen molar-refractivity contribution in [3.63, 3.8) is 0 Å². The van der Waals surface area contributed by atoms with Crippen LogP contribution in [-0.4, -0.2) is 52.2 Å². The van der Waals surface area contributed by atoms with Gasteiger partial charge in [0, 0.05) is 6.04 Å². The van der Waals surface area contributed by atoms with Crippen molar-refractivity contribution < 1.29 is 28.4 Å². The number of rotatable bonds is 5. The van der Waals surface area contributed by atoms with Crippen molar-refractivity contribution in [2.75, 3.05) is 6.54 Å². The second kappa shape index (κ2) is 8.24. The summed E-state index contributed by atoms with van der Waals surface area (Å²) in [6.07, 6.45) is 4.84. The van der Waals surface area contributed by atoms with E-state index in [9.17, 15) is 24.0 Å². The lowest BCUT2D eigenvalue weighted by atomic mass is 9.85. The van der Waals surface area contributed by atoms with Gasteiger partial charge in [0.2, 0.25) is 5.91 Å². The summed E-state index contributed by atoms with van der Waals surface area (Å²) in [4.78, 5) is 62.4. The molecular weight excluding hydrogens is 368 g/mol. The molecule has 7 amide bonds. The summed E-state index contributed by atoms with van der Waals surface area (Å²) in [6, 6.07) is 1.35. The second-order valence-electron chi connectivity index (χ2n) is 6.99. The van der Waals surface area contributed by atoms with Crippen molar-refractivity contribution in [2.24, 2.45) is 5.92 Å². The van der Waals surface area contributed by atoms with E-state index in [1.54, 1.807) is 12.1 Å². The number of urea groups is 2. The first kappa shape index (κ1) is 19.6. The summed E-state index contributed by atoms with van der Waals surface area (Å²) in [5, 5.41) is 4.43. The molecule has 0 spiro atoms. The minimum atomic E-state index is -1.05. The van der Waals surface area contributed by atoms with Crippen LogP contribution in [0.2, 0.25) is 0 Å². The van der Waals surface area contributed by atoms with Gasteiger partial charge < -0.3 is 9.73 Å². The predicted octanol–water partition coefficient (Wildman–Crippen LogP) is 0.975. The first-order valence-electron chi connectivity index (χ1n) is 9.17. The molecule has 0 unspecified atom stereocenters. The van der Waals surface area contributed by atoms with Gasteiger partial charge in [0.05, 0.1) is 12.8 Å². The van der Waals surface area contributed by atoms with Gasteiger partial charge in [-0.15, -0.1) is 0 Å². The van der Waals surface area contributed by atoms with Gasteiger partial charge in [-0.25, -0.2) is 14.5 Å². The van der Waals surface area contributed by atoms with Crippen molar-refractivity contribution in [2.45, 2.75) is 45.2 Å². The Hall–Kier alpha value is -3.17. The number of carbonyl (C=O) groups excluding carboxylic acids is 5. The van der Waals surface area contributed by atoms with E-state index in [2.05, 4.69) is 5.32 Å². The molecule has 2 N–H and O–H groups in total. The fourth-order valence-electron chi connectivity index (χ4n) is 3.57. The van der Waals surface area contributed by atoms with E-state index in [0.717, 1.165) is 24.2 Å². The Morgan fingerprint density at radius 2 is 1.93 bits per heavy atom. The van der Waals surface area contributed by atoms with E-state index < -0.39 is 36.3 Å². The molecule has 2 heterocycles. The molecule has 0 aromatic carbocycles. The van der Waals surface area contributed by atoms with Crippen LogP contribution in [0.1, 0.15) is 38.4 Å². The highest BCUT2D eigenvalue weighted by atomic mass is 16.3. The molecule has 1 aliphatic carbocycles. The smallest absolute Gasteiger partial charge is 0.334 e. The molecule has 1 saturated heterocycles. The highest BCUT2D eigenvalue weighted by Gasteiger charge is 2.49. The lowest BCUT2D eigenvalue weighted by Gasteiger charge is -2.34. The van der Waals surface area contributed by atoms with Crippen LogP contribution in [0.4, 0.5) is 9.59 Å². The standard InChI is InChI=1S/C18H22N4O6/c1-11-5-2-3-7-13(11)22-16(25)15(24)21(18(22)27)10-14(23)20-17(26)19-9-12-6-4-8-28-12/h4,6,8,11,13H,2-3,5,7,9-10H2,1H3,(H2,19,20,23,26)/t11-,13-/m0/s1. The summed E-state index contributed by atoms with van der Waals surface area (Å²) in [7, 11) is 0. The van der Waals surface area contributed by atoms with Crippen molar-refractivity contribution in [1.29, 1.82) is 0 Å². The fraction of sp³-hybridized carbons (Fsp3) is 0.500. The Balaban J connectivity index is 1.56. The Morgan fingerprint density at radius 1 is 1.18 bits per heavy atom. The average molecular weight is 390 g/mol. The zero-order chi connectivity index (χ0) is 20.3. The molecule has 10 nitrogen and oxygen atoms in total. The maximum absolute atomic E-state index is 12.6. The molecule has 150 valence electrons. The van der Waals surface area contributed by atoms with Crippen molar-refractivity contribution >= 4 is 29.8 Å². The molecule has 28 heavy (non-hydrogen) atoms. The van der Waals surface area contributed by atoms with Gasteiger partial charge in [-0.2, -0.15) is 0 Å². The van der Waals surface area contributed by atoms with E-state index in [4.69, 9.17) is 4.42 Å². The van der Waals surface area contributed by atoms with Crippen LogP contribution in [0.25, 0.3) is 0 Å². The van der Waals surface area contributed by atoms with E-state index in [1.165, 1.54) is 6.26 Å². The van der Waals surface area contributed by atoms with Crippen LogP contribution in [-0.2, 0) is 20.9 Å². The Labute approximate surface area is 161 Å². The summed E-state index contributed by atoms with van der Waals surface area (Å²) < 4.78 is 5.05. The molecule has 2 atom stereocenters. The third kappa shape index (κ3) is 4.05. The van der Waals surface area contributed by atoms with E-state index in [-0.39, 0.29) is 18.5 Å². The third-order valence-electron chi connectivity index (χ3n) is 5.04. The Kier molecular flexibility index (Phi) is 5.76. The van der Waals surface area contributed by atoms with E-state index >= 15 is 0 Å². The van der Waals surface area contributed by atoms with Crippen LogP contribution in [0, 0.1) is 5.92 Å². The summed E-state index contributed by atoms with van der Waals surface area (Å²) in [5.74, 6) is -2.25. The lowest BCUT2D eigenvalue weighted by Crippen LogP contribution is -2.48. The number of amides is 7. The summed E-state index contributed by atoms with van der Waals surface area (Å²) in [5.41, 5.74) is 0. The van der Waals surface area contributed by atoms with Crippen molar-refractivity contribution in [3.8, 4) is 0 Å². The average Bonchev–Trinajstić information content (AvgIpc) is 3.25. The first-order valence-corrected chi connectivity index (χ1v) is 9.17. The van der Waals surface area contributed by atoms with E-state index in [0.29, 0.717) is 17.1 Å². The number of hydrogen-bond acceptors (Lipinski definition) is 6. The highest BCUT2D eigenvalue weighted by Crippen LogP contribution is 2.31. The minimum absolute atomic E-state index is 0.0690. The van der Waals surface area contributed by atoms with Crippen molar-refractivity contribution in [3.05, 3.63) is 24.2 Å². The normalized spacial score (nSPS) is 22.5. The van der Waals surface area contributed by atoms with E-state index in [1.807, 2.05) is 12.2 Å². The number of nitrogens with zero attached hydrogens (tertiary/aromatic N) is 2. The van der Waals surface area contributed by atoms with Gasteiger partial charge in [-0.1, -0.05) is 19.8 Å². The molecule has 0 radical (unpaired) electrons. The number of carbonyl (C=O) groups is 5. The van der Waals surface area contributed by atoms with Gasteiger partial charge in [-0.3, -0.25) is 24.6 Å². The molecule has 0 bridgehead atoms. The molecule has 1 aliphatic heterocycles. The van der Waals surface area contributed by atoms with Crippen LogP contribution in [0.15, 0.2) is 22.8 Å². The van der Waals surface area contributed by atoms with Gasteiger partial charge in [0.15, 0.2) is 0 Å². The maximum atomic E-state index is 12.6. The summed E-state index contributed by atoms with van der Waals surface area (Å²) in [6.45, 7) is 1.31. The van der Waals surface area contributed by atoms with Gasteiger partial charge in [-0.05, 0) is 30.9 Å². The highest BCUT2D eigenvalue weighted by molar-refractivity contribution is 6.45. The lowest BCUT2D eigenvalue weighted by molar-refractivity contribution is -0.145. The van der Waals surface area contributed by atoms with Crippen LogP contribution in [0.3, 0.4) is 0 Å². The Morgan fingerprint density at radius 3 is 2.61 bits per heavy atom. The third-order valence-corrected chi connectivity index (χ3v) is 5.04. The fourth-order valence-corrected chi connectivity index (χ4v) is 3.57. The van der Waals surface area contributed by atoms with Crippen LogP contribution in [0.5, 0.6) is 0 Å².